The summed E-state index contributed by atoms with van der Waals surface area (Å²) in [5.41, 5.74) is 0.756. The minimum absolute atomic E-state index is 0.0934. The van der Waals surface area contributed by atoms with E-state index in [1.54, 1.807) is 0 Å². The SMILES string of the molecule is CN(C(=O)c1cc(NC(=O)C2C(c3ccc(Cl)c(C(F)F)c3)C2(Cl)Cl)ccc1Cl)c1ccc(F)cc1. The van der Waals surface area contributed by atoms with Crippen molar-refractivity contribution < 1.29 is 22.8 Å². The lowest BCUT2D eigenvalue weighted by Gasteiger charge is -2.18. The van der Waals surface area contributed by atoms with Crippen molar-refractivity contribution in [1.29, 1.82) is 0 Å². The standard InChI is InChI=1S/C25H17Cl4F3N2O2/c1-34(15-6-3-13(30)4-7-15)24(36)17-11-14(5-9-19(17)27)33-23(35)21-20(25(21,28)29)12-2-8-18(26)16(10-12)22(31)32/h2-11,20-22H,1H3,(H,33,35). The maximum absolute atomic E-state index is 13.3. The average molecular weight is 576 g/mol. The molecule has 0 radical (unpaired) electrons. The van der Waals surface area contributed by atoms with Crippen molar-refractivity contribution in [3.8, 4) is 0 Å². The molecule has 0 bridgehead atoms. The van der Waals surface area contributed by atoms with E-state index in [0.29, 0.717) is 11.3 Å². The summed E-state index contributed by atoms with van der Waals surface area (Å²) in [6.07, 6.45) is -2.80. The van der Waals surface area contributed by atoms with Crippen molar-refractivity contribution in [2.75, 3.05) is 17.3 Å². The third kappa shape index (κ3) is 5.16. The van der Waals surface area contributed by atoms with Crippen molar-refractivity contribution in [2.45, 2.75) is 16.7 Å². The Morgan fingerprint density at radius 2 is 1.61 bits per heavy atom. The Labute approximate surface area is 224 Å². The first-order valence-electron chi connectivity index (χ1n) is 10.5. The third-order valence-corrected chi connectivity index (χ3v) is 7.55. The van der Waals surface area contributed by atoms with Gasteiger partial charge < -0.3 is 10.2 Å². The molecule has 3 aromatic carbocycles. The number of alkyl halides is 4. The zero-order chi connectivity index (χ0) is 26.4. The van der Waals surface area contributed by atoms with Crippen LogP contribution in [0.2, 0.25) is 10.0 Å². The average Bonchev–Trinajstić information content (AvgIpc) is 3.41. The third-order valence-electron chi connectivity index (χ3n) is 5.93. The molecule has 2 atom stereocenters. The van der Waals surface area contributed by atoms with Crippen LogP contribution in [0.1, 0.15) is 33.8 Å². The van der Waals surface area contributed by atoms with E-state index in [1.165, 1.54) is 72.6 Å². The van der Waals surface area contributed by atoms with Gasteiger partial charge in [-0.2, -0.15) is 0 Å². The van der Waals surface area contributed by atoms with Crippen LogP contribution in [-0.2, 0) is 4.79 Å². The highest BCUT2D eigenvalue weighted by atomic mass is 35.5. The number of halogens is 7. The first kappa shape index (κ1) is 26.6. The minimum atomic E-state index is -2.80. The molecule has 1 saturated carbocycles. The number of nitrogens with one attached hydrogen (secondary N) is 1. The van der Waals surface area contributed by atoms with Gasteiger partial charge in [0.1, 0.15) is 10.2 Å². The molecule has 0 aliphatic heterocycles. The Morgan fingerprint density at radius 1 is 0.972 bits per heavy atom. The van der Waals surface area contributed by atoms with Gasteiger partial charge in [0.05, 0.1) is 16.5 Å². The summed E-state index contributed by atoms with van der Waals surface area (Å²) in [5, 5.41) is 2.69. The second-order valence-electron chi connectivity index (χ2n) is 8.24. The van der Waals surface area contributed by atoms with Crippen LogP contribution in [0.4, 0.5) is 24.5 Å². The van der Waals surface area contributed by atoms with Gasteiger partial charge in [0.15, 0.2) is 0 Å². The molecule has 36 heavy (non-hydrogen) atoms. The molecule has 0 aromatic heterocycles. The Hall–Kier alpha value is -2.45. The molecule has 188 valence electrons. The Balaban J connectivity index is 1.53. The molecule has 1 fully saturated rings. The summed E-state index contributed by atoms with van der Waals surface area (Å²) in [7, 11) is 1.50. The van der Waals surface area contributed by atoms with Crippen LogP contribution in [0, 0.1) is 11.7 Å². The van der Waals surface area contributed by atoms with Crippen molar-refractivity contribution in [1.82, 2.24) is 0 Å². The van der Waals surface area contributed by atoms with E-state index < -0.39 is 40.2 Å². The van der Waals surface area contributed by atoms with Crippen molar-refractivity contribution in [3.63, 3.8) is 0 Å². The molecule has 2 unspecified atom stereocenters. The van der Waals surface area contributed by atoms with Crippen LogP contribution in [0.3, 0.4) is 0 Å². The molecule has 1 aliphatic rings. The van der Waals surface area contributed by atoms with Crippen molar-refractivity contribution in [3.05, 3.63) is 93.2 Å². The fourth-order valence-electron chi connectivity index (χ4n) is 3.94. The minimum Gasteiger partial charge on any atom is -0.326 e. The number of hydrogen-bond acceptors (Lipinski definition) is 2. The van der Waals surface area contributed by atoms with Gasteiger partial charge in [-0.3, -0.25) is 9.59 Å². The monoisotopic (exact) mass is 574 g/mol. The van der Waals surface area contributed by atoms with Gasteiger partial charge in [-0.25, -0.2) is 13.2 Å². The molecule has 3 aromatic rings. The molecule has 2 amide bonds. The van der Waals surface area contributed by atoms with E-state index in [-0.39, 0.29) is 26.9 Å². The van der Waals surface area contributed by atoms with E-state index in [1.807, 2.05) is 0 Å². The van der Waals surface area contributed by atoms with Crippen LogP contribution >= 0.6 is 46.4 Å². The number of hydrogen-bond donors (Lipinski definition) is 1. The molecular weight excluding hydrogens is 559 g/mol. The predicted octanol–water partition coefficient (Wildman–Crippen LogP) is 7.87. The quantitative estimate of drug-likeness (QED) is 0.304. The van der Waals surface area contributed by atoms with E-state index in [0.717, 1.165) is 0 Å². The maximum Gasteiger partial charge on any atom is 0.265 e. The lowest BCUT2D eigenvalue weighted by Crippen LogP contribution is -2.26. The number of anilines is 2. The van der Waals surface area contributed by atoms with Gasteiger partial charge >= 0.3 is 0 Å². The van der Waals surface area contributed by atoms with Crippen LogP contribution in [0.25, 0.3) is 0 Å². The van der Waals surface area contributed by atoms with E-state index in [2.05, 4.69) is 5.32 Å². The van der Waals surface area contributed by atoms with Gasteiger partial charge in [0.25, 0.3) is 12.3 Å². The second kappa shape index (κ2) is 10.1. The fraction of sp³-hybridized carbons (Fsp3) is 0.200. The number of rotatable bonds is 6. The van der Waals surface area contributed by atoms with Gasteiger partial charge in [-0.05, 0) is 60.2 Å². The molecule has 0 heterocycles. The number of carbonyl (C=O) groups excluding carboxylic acids is 2. The molecule has 0 spiro atoms. The lowest BCUT2D eigenvalue weighted by atomic mass is 10.1. The number of carbonyl (C=O) groups is 2. The second-order valence-corrected chi connectivity index (χ2v) is 10.5. The summed E-state index contributed by atoms with van der Waals surface area (Å²) >= 11 is 24.7. The zero-order valence-electron chi connectivity index (χ0n) is 18.4. The zero-order valence-corrected chi connectivity index (χ0v) is 21.4. The van der Waals surface area contributed by atoms with Crippen molar-refractivity contribution >= 4 is 69.6 Å². The maximum atomic E-state index is 13.3. The Bertz CT molecular complexity index is 1340. The first-order valence-corrected chi connectivity index (χ1v) is 12.0. The van der Waals surface area contributed by atoms with Crippen LogP contribution in [0.5, 0.6) is 0 Å². The summed E-state index contributed by atoms with van der Waals surface area (Å²) in [4.78, 5) is 27.3. The van der Waals surface area contributed by atoms with E-state index in [9.17, 15) is 22.8 Å². The summed E-state index contributed by atoms with van der Waals surface area (Å²) in [6, 6.07) is 13.6. The summed E-state index contributed by atoms with van der Waals surface area (Å²) < 4.78 is 38.2. The molecule has 4 rings (SSSR count). The Morgan fingerprint density at radius 3 is 2.25 bits per heavy atom. The van der Waals surface area contributed by atoms with Crippen molar-refractivity contribution in [2.24, 2.45) is 5.92 Å². The Kier molecular flexibility index (Phi) is 7.49. The molecular formula is C25H17Cl4F3N2O2. The van der Waals surface area contributed by atoms with E-state index >= 15 is 0 Å². The first-order chi connectivity index (χ1) is 16.9. The number of nitrogens with zero attached hydrogens (tertiary/aromatic N) is 1. The fourth-order valence-corrected chi connectivity index (χ4v) is 5.17. The molecule has 0 saturated heterocycles. The molecule has 1 aliphatic carbocycles. The topological polar surface area (TPSA) is 49.4 Å². The highest BCUT2D eigenvalue weighted by molar-refractivity contribution is 6.53. The number of amides is 2. The molecule has 11 heteroatoms. The number of benzene rings is 3. The highest BCUT2D eigenvalue weighted by Crippen LogP contribution is 2.65. The normalized spacial score (nSPS) is 18.1. The van der Waals surface area contributed by atoms with Crippen LogP contribution in [-0.4, -0.2) is 23.2 Å². The predicted molar refractivity (Wildman–Crippen MR) is 136 cm³/mol. The van der Waals surface area contributed by atoms with Gasteiger partial charge in [-0.15, -0.1) is 23.2 Å². The van der Waals surface area contributed by atoms with E-state index in [4.69, 9.17) is 46.4 Å². The van der Waals surface area contributed by atoms with Gasteiger partial charge in [0, 0.05) is 34.9 Å². The highest BCUT2D eigenvalue weighted by Gasteiger charge is 2.67. The summed E-state index contributed by atoms with van der Waals surface area (Å²) in [5.74, 6) is -3.18. The molecule has 1 N–H and O–H groups in total. The largest absolute Gasteiger partial charge is 0.326 e. The van der Waals surface area contributed by atoms with Crippen LogP contribution in [0.15, 0.2) is 60.7 Å². The smallest absolute Gasteiger partial charge is 0.265 e. The van der Waals surface area contributed by atoms with Crippen LogP contribution < -0.4 is 10.2 Å². The van der Waals surface area contributed by atoms with Gasteiger partial charge in [0.2, 0.25) is 5.91 Å². The van der Waals surface area contributed by atoms with Gasteiger partial charge in [-0.1, -0.05) is 29.3 Å². The lowest BCUT2D eigenvalue weighted by molar-refractivity contribution is -0.117. The summed E-state index contributed by atoms with van der Waals surface area (Å²) in [6.45, 7) is 0. The molecule has 4 nitrogen and oxygen atoms in total.